The van der Waals surface area contributed by atoms with Crippen LogP contribution >= 0.6 is 11.6 Å². The molecule has 1 saturated heterocycles. The van der Waals surface area contributed by atoms with Crippen LogP contribution in [0.3, 0.4) is 0 Å². The summed E-state index contributed by atoms with van der Waals surface area (Å²) in [4.78, 5) is 14.4. The molecule has 2 unspecified atom stereocenters. The summed E-state index contributed by atoms with van der Waals surface area (Å²) in [6.07, 6.45) is 3.84. The van der Waals surface area contributed by atoms with Gasteiger partial charge in [-0.2, -0.15) is 5.10 Å². The molecule has 118 valence electrons. The SMILES string of the molecule is COCCn1ncc(N2CC(CN)CCC2C)c(Cl)c1=O. The predicted molar refractivity (Wildman–Crippen MR) is 84.0 cm³/mol. The number of aromatic nitrogens is 2. The van der Waals surface area contributed by atoms with E-state index in [9.17, 15) is 4.79 Å². The first-order valence-electron chi connectivity index (χ1n) is 7.29. The number of nitrogens with zero attached hydrogens (tertiary/aromatic N) is 3. The number of ether oxygens (including phenoxy) is 1. The minimum atomic E-state index is -0.270. The van der Waals surface area contributed by atoms with Crippen molar-refractivity contribution in [3.63, 3.8) is 0 Å². The van der Waals surface area contributed by atoms with Crippen LogP contribution in [0.5, 0.6) is 0 Å². The van der Waals surface area contributed by atoms with Crippen molar-refractivity contribution in [2.45, 2.75) is 32.4 Å². The summed E-state index contributed by atoms with van der Waals surface area (Å²) in [5.74, 6) is 0.438. The summed E-state index contributed by atoms with van der Waals surface area (Å²) in [6.45, 7) is 4.44. The quantitative estimate of drug-likeness (QED) is 0.881. The van der Waals surface area contributed by atoms with E-state index >= 15 is 0 Å². The molecule has 0 bridgehead atoms. The highest BCUT2D eigenvalue weighted by atomic mass is 35.5. The van der Waals surface area contributed by atoms with Gasteiger partial charge in [0.25, 0.3) is 5.56 Å². The fourth-order valence-corrected chi connectivity index (χ4v) is 2.96. The Balaban J connectivity index is 2.27. The number of halogens is 1. The molecule has 2 atom stereocenters. The van der Waals surface area contributed by atoms with Gasteiger partial charge in [0.15, 0.2) is 0 Å². The lowest BCUT2D eigenvalue weighted by Gasteiger charge is -2.39. The van der Waals surface area contributed by atoms with E-state index in [1.807, 2.05) is 0 Å². The van der Waals surface area contributed by atoms with Gasteiger partial charge in [0.2, 0.25) is 0 Å². The first kappa shape index (κ1) is 16.3. The van der Waals surface area contributed by atoms with Gasteiger partial charge in [0.1, 0.15) is 5.02 Å². The molecule has 6 nitrogen and oxygen atoms in total. The zero-order valence-electron chi connectivity index (χ0n) is 12.6. The second-order valence-electron chi connectivity index (χ2n) is 5.55. The molecule has 21 heavy (non-hydrogen) atoms. The number of rotatable bonds is 5. The highest BCUT2D eigenvalue weighted by Gasteiger charge is 2.27. The minimum Gasteiger partial charge on any atom is -0.383 e. The summed E-state index contributed by atoms with van der Waals surface area (Å²) in [5.41, 5.74) is 6.22. The number of piperidine rings is 1. The summed E-state index contributed by atoms with van der Waals surface area (Å²) in [7, 11) is 1.59. The number of anilines is 1. The minimum absolute atomic E-state index is 0.227. The van der Waals surface area contributed by atoms with Crippen molar-refractivity contribution in [2.24, 2.45) is 11.7 Å². The Labute approximate surface area is 129 Å². The lowest BCUT2D eigenvalue weighted by molar-refractivity contribution is 0.182. The van der Waals surface area contributed by atoms with Crippen molar-refractivity contribution in [1.82, 2.24) is 9.78 Å². The fraction of sp³-hybridized carbons (Fsp3) is 0.714. The van der Waals surface area contributed by atoms with Gasteiger partial charge >= 0.3 is 0 Å². The zero-order chi connectivity index (χ0) is 15.4. The maximum absolute atomic E-state index is 12.3. The van der Waals surface area contributed by atoms with Gasteiger partial charge in [-0.25, -0.2) is 4.68 Å². The molecule has 0 spiro atoms. The summed E-state index contributed by atoms with van der Waals surface area (Å²) in [5, 5.41) is 4.43. The van der Waals surface area contributed by atoms with E-state index in [0.717, 1.165) is 19.4 Å². The average molecular weight is 315 g/mol. The van der Waals surface area contributed by atoms with Crippen LogP contribution in [0, 0.1) is 5.92 Å². The third kappa shape index (κ3) is 3.56. The first-order chi connectivity index (χ1) is 10.1. The van der Waals surface area contributed by atoms with Gasteiger partial charge in [0, 0.05) is 19.7 Å². The van der Waals surface area contributed by atoms with Crippen molar-refractivity contribution in [1.29, 1.82) is 0 Å². The van der Waals surface area contributed by atoms with Crippen LogP contribution in [-0.4, -0.2) is 42.6 Å². The van der Waals surface area contributed by atoms with E-state index in [1.54, 1.807) is 13.3 Å². The van der Waals surface area contributed by atoms with Crippen molar-refractivity contribution >= 4 is 17.3 Å². The van der Waals surface area contributed by atoms with Crippen molar-refractivity contribution in [2.75, 3.05) is 31.7 Å². The largest absolute Gasteiger partial charge is 0.383 e. The lowest BCUT2D eigenvalue weighted by Crippen LogP contribution is -2.45. The normalized spacial score (nSPS) is 22.6. The Morgan fingerprint density at radius 3 is 2.95 bits per heavy atom. The van der Waals surface area contributed by atoms with E-state index in [0.29, 0.717) is 37.3 Å². The second-order valence-corrected chi connectivity index (χ2v) is 5.92. The van der Waals surface area contributed by atoms with Crippen LogP contribution in [0.15, 0.2) is 11.0 Å². The molecule has 1 aromatic rings. The smallest absolute Gasteiger partial charge is 0.287 e. The van der Waals surface area contributed by atoms with Crippen LogP contribution in [0.4, 0.5) is 5.69 Å². The molecule has 0 aliphatic carbocycles. The molecule has 2 N–H and O–H groups in total. The van der Waals surface area contributed by atoms with Crippen molar-refractivity contribution < 1.29 is 4.74 Å². The molecule has 1 aliphatic rings. The van der Waals surface area contributed by atoms with Gasteiger partial charge in [-0.1, -0.05) is 11.6 Å². The van der Waals surface area contributed by atoms with E-state index in [4.69, 9.17) is 22.1 Å². The molecule has 2 rings (SSSR count). The zero-order valence-corrected chi connectivity index (χ0v) is 13.3. The molecule has 1 aromatic heterocycles. The Hall–Kier alpha value is -1.11. The molecule has 0 aromatic carbocycles. The van der Waals surface area contributed by atoms with Gasteiger partial charge < -0.3 is 15.4 Å². The van der Waals surface area contributed by atoms with Crippen LogP contribution < -0.4 is 16.2 Å². The number of nitrogens with two attached hydrogens (primary N) is 1. The first-order valence-corrected chi connectivity index (χ1v) is 7.67. The third-order valence-electron chi connectivity index (χ3n) is 4.10. The number of methoxy groups -OCH3 is 1. The van der Waals surface area contributed by atoms with Gasteiger partial charge in [-0.15, -0.1) is 0 Å². The third-order valence-corrected chi connectivity index (χ3v) is 4.45. The monoisotopic (exact) mass is 314 g/mol. The van der Waals surface area contributed by atoms with Crippen LogP contribution in [0.2, 0.25) is 5.02 Å². The lowest BCUT2D eigenvalue weighted by atomic mass is 9.93. The maximum Gasteiger partial charge on any atom is 0.287 e. The summed E-state index contributed by atoms with van der Waals surface area (Å²) >= 11 is 6.28. The standard InChI is InChI=1S/C14H23ClN4O2/c1-10-3-4-11(7-16)9-18(10)12-8-17-19(5-6-21-2)14(20)13(12)15/h8,10-11H,3-7,9,16H2,1-2H3. The topological polar surface area (TPSA) is 73.4 Å². The Kier molecular flexibility index (Phi) is 5.61. The predicted octanol–water partition coefficient (Wildman–Crippen LogP) is 1.11. The summed E-state index contributed by atoms with van der Waals surface area (Å²) in [6, 6.07) is 0.335. The van der Waals surface area contributed by atoms with E-state index < -0.39 is 0 Å². The number of hydrogen-bond donors (Lipinski definition) is 1. The molecular formula is C14H23ClN4O2. The molecule has 1 fully saturated rings. The summed E-state index contributed by atoms with van der Waals surface area (Å²) < 4.78 is 6.30. The molecule has 0 radical (unpaired) electrons. The fourth-order valence-electron chi connectivity index (χ4n) is 2.70. The van der Waals surface area contributed by atoms with Crippen molar-refractivity contribution in [3.05, 3.63) is 21.6 Å². The molecule has 0 saturated carbocycles. The highest BCUT2D eigenvalue weighted by molar-refractivity contribution is 6.33. The maximum atomic E-state index is 12.3. The van der Waals surface area contributed by atoms with E-state index in [-0.39, 0.29) is 10.6 Å². The van der Waals surface area contributed by atoms with Gasteiger partial charge in [-0.3, -0.25) is 4.79 Å². The molecular weight excluding hydrogens is 292 g/mol. The molecule has 2 heterocycles. The Bertz CT molecular complexity index is 534. The van der Waals surface area contributed by atoms with E-state index in [2.05, 4.69) is 16.9 Å². The average Bonchev–Trinajstić information content (AvgIpc) is 2.50. The Morgan fingerprint density at radius 1 is 1.52 bits per heavy atom. The van der Waals surface area contributed by atoms with E-state index in [1.165, 1.54) is 4.68 Å². The van der Waals surface area contributed by atoms with Crippen LogP contribution in [-0.2, 0) is 11.3 Å². The number of hydrogen-bond acceptors (Lipinski definition) is 5. The molecule has 7 heteroatoms. The second kappa shape index (κ2) is 7.24. The van der Waals surface area contributed by atoms with Crippen LogP contribution in [0.1, 0.15) is 19.8 Å². The van der Waals surface area contributed by atoms with Gasteiger partial charge in [0.05, 0.1) is 25.0 Å². The molecule has 1 aliphatic heterocycles. The highest BCUT2D eigenvalue weighted by Crippen LogP contribution is 2.30. The van der Waals surface area contributed by atoms with Crippen molar-refractivity contribution in [3.8, 4) is 0 Å². The van der Waals surface area contributed by atoms with Crippen LogP contribution in [0.25, 0.3) is 0 Å². The Morgan fingerprint density at radius 2 is 2.29 bits per heavy atom. The molecule has 0 amide bonds. The van der Waals surface area contributed by atoms with Gasteiger partial charge in [-0.05, 0) is 32.2 Å².